The lowest BCUT2D eigenvalue weighted by molar-refractivity contribution is 0.383. The second kappa shape index (κ2) is 4.63. The fourth-order valence-corrected chi connectivity index (χ4v) is 2.25. The van der Waals surface area contributed by atoms with Crippen LogP contribution in [-0.4, -0.2) is 7.11 Å². The van der Waals surface area contributed by atoms with E-state index in [2.05, 4.69) is 0 Å². The van der Waals surface area contributed by atoms with E-state index in [4.69, 9.17) is 10.5 Å². The Bertz CT molecular complexity index is 470. The summed E-state index contributed by atoms with van der Waals surface area (Å²) in [5.41, 5.74) is 7.37. The molecule has 0 bridgehead atoms. The van der Waals surface area contributed by atoms with E-state index in [1.807, 2.05) is 16.8 Å². The van der Waals surface area contributed by atoms with Crippen molar-refractivity contribution in [1.29, 1.82) is 0 Å². The van der Waals surface area contributed by atoms with Crippen molar-refractivity contribution in [3.8, 4) is 5.75 Å². The molecule has 4 heteroatoms. The zero-order valence-corrected chi connectivity index (χ0v) is 9.63. The number of benzene rings is 1. The highest BCUT2D eigenvalue weighted by molar-refractivity contribution is 7.08. The molecule has 84 valence electrons. The summed E-state index contributed by atoms with van der Waals surface area (Å²) in [6.07, 6.45) is 0. The Morgan fingerprint density at radius 1 is 1.38 bits per heavy atom. The first kappa shape index (κ1) is 11.1. The predicted molar refractivity (Wildman–Crippen MR) is 63.3 cm³/mol. The summed E-state index contributed by atoms with van der Waals surface area (Å²) in [4.78, 5) is 0. The van der Waals surface area contributed by atoms with E-state index < -0.39 is 6.04 Å². The fraction of sp³-hybridized carbons (Fsp3) is 0.167. The molecule has 2 nitrogen and oxygen atoms in total. The third-order valence-electron chi connectivity index (χ3n) is 2.45. The quantitative estimate of drug-likeness (QED) is 0.890. The molecular weight excluding hydrogens is 225 g/mol. The van der Waals surface area contributed by atoms with Gasteiger partial charge in [0.05, 0.1) is 13.2 Å². The Hall–Kier alpha value is -1.39. The second-order valence-corrected chi connectivity index (χ2v) is 4.18. The molecule has 0 unspecified atom stereocenters. The number of hydrogen-bond acceptors (Lipinski definition) is 3. The number of thiophene rings is 1. The van der Waals surface area contributed by atoms with Crippen LogP contribution in [0.2, 0.25) is 0 Å². The van der Waals surface area contributed by atoms with Crippen LogP contribution in [0.15, 0.2) is 35.0 Å². The molecule has 0 aliphatic heterocycles. The smallest absolute Gasteiger partial charge is 0.170 e. The molecule has 0 amide bonds. The highest BCUT2D eigenvalue weighted by Gasteiger charge is 2.16. The van der Waals surface area contributed by atoms with Gasteiger partial charge in [-0.15, -0.1) is 0 Å². The lowest BCUT2D eigenvalue weighted by Gasteiger charge is -2.13. The van der Waals surface area contributed by atoms with Crippen molar-refractivity contribution in [1.82, 2.24) is 0 Å². The summed E-state index contributed by atoms with van der Waals surface area (Å²) >= 11 is 1.54. The Morgan fingerprint density at radius 2 is 2.19 bits per heavy atom. The van der Waals surface area contributed by atoms with Gasteiger partial charge in [-0.1, -0.05) is 12.1 Å². The largest absolute Gasteiger partial charge is 0.494 e. The second-order valence-electron chi connectivity index (χ2n) is 3.40. The zero-order valence-electron chi connectivity index (χ0n) is 8.81. The molecule has 0 aliphatic carbocycles. The fourth-order valence-electron chi connectivity index (χ4n) is 1.56. The molecule has 2 aromatic rings. The van der Waals surface area contributed by atoms with Gasteiger partial charge in [0.2, 0.25) is 0 Å². The first-order valence-electron chi connectivity index (χ1n) is 4.84. The van der Waals surface area contributed by atoms with E-state index in [1.54, 1.807) is 29.5 Å². The van der Waals surface area contributed by atoms with Crippen LogP contribution in [0, 0.1) is 5.82 Å². The molecule has 1 aromatic heterocycles. The van der Waals surface area contributed by atoms with Gasteiger partial charge in [-0.2, -0.15) is 11.3 Å². The van der Waals surface area contributed by atoms with Gasteiger partial charge < -0.3 is 10.5 Å². The van der Waals surface area contributed by atoms with Gasteiger partial charge in [-0.05, 0) is 28.5 Å². The Balaban J connectivity index is 2.41. The molecule has 2 N–H and O–H groups in total. The SMILES string of the molecule is COc1cccc([C@H](N)c2ccsc2)c1F. The summed E-state index contributed by atoms with van der Waals surface area (Å²) in [5, 5.41) is 3.84. The molecule has 1 atom stereocenters. The number of nitrogens with two attached hydrogens (primary N) is 1. The number of ether oxygens (including phenoxy) is 1. The predicted octanol–water partition coefficient (Wildman–Crippen LogP) is 2.94. The molecule has 0 aliphatic rings. The number of hydrogen-bond donors (Lipinski definition) is 1. The first-order chi connectivity index (χ1) is 7.74. The monoisotopic (exact) mass is 237 g/mol. The van der Waals surface area contributed by atoms with Crippen molar-refractivity contribution < 1.29 is 9.13 Å². The summed E-state index contributed by atoms with van der Waals surface area (Å²) in [5.74, 6) is -0.160. The van der Waals surface area contributed by atoms with Gasteiger partial charge in [0.25, 0.3) is 0 Å². The van der Waals surface area contributed by atoms with Crippen molar-refractivity contribution in [2.75, 3.05) is 7.11 Å². The van der Waals surface area contributed by atoms with E-state index in [-0.39, 0.29) is 11.6 Å². The minimum atomic E-state index is -0.443. The topological polar surface area (TPSA) is 35.2 Å². The molecule has 0 saturated heterocycles. The first-order valence-corrected chi connectivity index (χ1v) is 5.78. The molecule has 1 heterocycles. The van der Waals surface area contributed by atoms with E-state index in [9.17, 15) is 4.39 Å². The normalized spacial score (nSPS) is 12.4. The van der Waals surface area contributed by atoms with Crippen LogP contribution in [-0.2, 0) is 0 Å². The summed E-state index contributed by atoms with van der Waals surface area (Å²) < 4.78 is 18.8. The van der Waals surface area contributed by atoms with Gasteiger partial charge in [0.1, 0.15) is 0 Å². The molecule has 0 saturated carbocycles. The van der Waals surface area contributed by atoms with E-state index >= 15 is 0 Å². The zero-order chi connectivity index (χ0) is 11.5. The van der Waals surface area contributed by atoms with Crippen molar-refractivity contribution in [3.05, 3.63) is 52.0 Å². The minimum absolute atomic E-state index is 0.225. The van der Waals surface area contributed by atoms with Crippen LogP contribution in [0.3, 0.4) is 0 Å². The standard InChI is InChI=1S/C12H12FNOS/c1-15-10-4-2-3-9(11(10)13)12(14)8-5-6-16-7-8/h2-7,12H,14H2,1H3/t12-/m1/s1. The van der Waals surface area contributed by atoms with Gasteiger partial charge in [-0.3, -0.25) is 0 Å². The number of methoxy groups -OCH3 is 1. The number of rotatable bonds is 3. The van der Waals surface area contributed by atoms with Crippen LogP contribution in [0.4, 0.5) is 4.39 Å². The molecule has 0 fully saturated rings. The molecule has 2 rings (SSSR count). The molecule has 0 spiro atoms. The maximum atomic E-state index is 13.9. The highest BCUT2D eigenvalue weighted by atomic mass is 32.1. The third-order valence-corrected chi connectivity index (χ3v) is 3.15. The van der Waals surface area contributed by atoms with Crippen molar-refractivity contribution in [2.45, 2.75) is 6.04 Å². The van der Waals surface area contributed by atoms with Crippen LogP contribution < -0.4 is 10.5 Å². The van der Waals surface area contributed by atoms with Crippen LogP contribution in [0.5, 0.6) is 5.75 Å². The van der Waals surface area contributed by atoms with Crippen LogP contribution >= 0.6 is 11.3 Å². The Morgan fingerprint density at radius 3 is 2.81 bits per heavy atom. The lowest BCUT2D eigenvalue weighted by atomic mass is 10.0. The van der Waals surface area contributed by atoms with Gasteiger partial charge in [0.15, 0.2) is 11.6 Å². The summed E-state index contributed by atoms with van der Waals surface area (Å²) in [7, 11) is 1.44. The van der Waals surface area contributed by atoms with Crippen molar-refractivity contribution >= 4 is 11.3 Å². The van der Waals surface area contributed by atoms with Crippen LogP contribution in [0.25, 0.3) is 0 Å². The van der Waals surface area contributed by atoms with Gasteiger partial charge in [-0.25, -0.2) is 4.39 Å². The molecule has 16 heavy (non-hydrogen) atoms. The average molecular weight is 237 g/mol. The van der Waals surface area contributed by atoms with E-state index in [1.165, 1.54) is 7.11 Å². The summed E-state index contributed by atoms with van der Waals surface area (Å²) in [6, 6.07) is 6.46. The summed E-state index contributed by atoms with van der Waals surface area (Å²) in [6.45, 7) is 0. The third kappa shape index (κ3) is 1.94. The van der Waals surface area contributed by atoms with E-state index in [0.29, 0.717) is 5.56 Å². The Labute approximate surface area is 97.5 Å². The molecular formula is C12H12FNOS. The average Bonchev–Trinajstić information content (AvgIpc) is 2.82. The van der Waals surface area contributed by atoms with Gasteiger partial charge >= 0.3 is 0 Å². The Kier molecular flexibility index (Phi) is 3.22. The molecule has 0 radical (unpaired) electrons. The maximum absolute atomic E-state index is 13.9. The van der Waals surface area contributed by atoms with Crippen molar-refractivity contribution in [3.63, 3.8) is 0 Å². The minimum Gasteiger partial charge on any atom is -0.494 e. The van der Waals surface area contributed by atoms with E-state index in [0.717, 1.165) is 5.56 Å². The lowest BCUT2D eigenvalue weighted by Crippen LogP contribution is -2.13. The maximum Gasteiger partial charge on any atom is 0.170 e. The molecule has 1 aromatic carbocycles. The van der Waals surface area contributed by atoms with Gasteiger partial charge in [0, 0.05) is 5.56 Å². The van der Waals surface area contributed by atoms with Crippen LogP contribution in [0.1, 0.15) is 17.2 Å². The van der Waals surface area contributed by atoms with Crippen molar-refractivity contribution in [2.24, 2.45) is 5.73 Å². The number of halogens is 1. The highest BCUT2D eigenvalue weighted by Crippen LogP contribution is 2.28.